The summed E-state index contributed by atoms with van der Waals surface area (Å²) < 4.78 is 5.49. The lowest BCUT2D eigenvalue weighted by atomic mass is 10.2. The third-order valence-corrected chi connectivity index (χ3v) is 2.76. The van der Waals surface area contributed by atoms with Crippen LogP contribution in [0, 0.1) is 10.1 Å². The van der Waals surface area contributed by atoms with Gasteiger partial charge in [0.2, 0.25) is 0 Å². The molecule has 1 atom stereocenters. The third-order valence-electron chi connectivity index (χ3n) is 2.76. The van der Waals surface area contributed by atoms with Crippen LogP contribution in [0.5, 0.6) is 5.75 Å². The number of hydrogen-bond acceptors (Lipinski definition) is 5. The molecule has 2 heterocycles. The first kappa shape index (κ1) is 13.0. The number of fused-ring (bicyclic) bond motifs is 1. The minimum absolute atomic E-state index is 0.170. The monoisotopic (exact) mass is 263 g/mol. The molecule has 2 rings (SSSR count). The van der Waals surface area contributed by atoms with Crippen molar-refractivity contribution in [1.29, 1.82) is 0 Å². The highest BCUT2D eigenvalue weighted by Gasteiger charge is 2.37. The molecule has 1 aliphatic rings. The zero-order valence-corrected chi connectivity index (χ0v) is 10.4. The second kappa shape index (κ2) is 5.05. The van der Waals surface area contributed by atoms with Gasteiger partial charge in [0.25, 0.3) is 11.7 Å². The number of anilines is 1. The van der Waals surface area contributed by atoms with E-state index in [0.29, 0.717) is 12.2 Å². The summed E-state index contributed by atoms with van der Waals surface area (Å²) >= 11 is 0. The molecule has 0 aromatic carbocycles. The Morgan fingerprint density at radius 1 is 1.63 bits per heavy atom. The second-order valence-electron chi connectivity index (χ2n) is 4.00. The van der Waals surface area contributed by atoms with Gasteiger partial charge in [-0.3, -0.25) is 9.69 Å². The summed E-state index contributed by atoms with van der Waals surface area (Å²) in [5.74, 6) is -0.0373. The molecule has 0 saturated carbocycles. The van der Waals surface area contributed by atoms with Gasteiger partial charge in [0.1, 0.15) is 0 Å². The highest BCUT2D eigenvalue weighted by atomic mass is 16.6. The quantitative estimate of drug-likeness (QED) is 0.468. The maximum Gasteiger partial charge on any atom is 0.366 e. The van der Waals surface area contributed by atoms with Crippen LogP contribution in [0.15, 0.2) is 24.8 Å². The molecule has 0 spiro atoms. The first-order valence-corrected chi connectivity index (χ1v) is 5.82. The topological polar surface area (TPSA) is 85.6 Å². The van der Waals surface area contributed by atoms with Gasteiger partial charge in [-0.15, -0.1) is 6.58 Å². The van der Waals surface area contributed by atoms with E-state index in [9.17, 15) is 14.9 Å². The van der Waals surface area contributed by atoms with Crippen LogP contribution in [0.4, 0.5) is 11.6 Å². The number of nitrogens with zero attached hydrogens (tertiary/aromatic N) is 3. The fourth-order valence-corrected chi connectivity index (χ4v) is 1.86. The van der Waals surface area contributed by atoms with Crippen LogP contribution in [0.25, 0.3) is 0 Å². The molecule has 1 aromatic heterocycles. The zero-order valence-electron chi connectivity index (χ0n) is 10.4. The lowest BCUT2D eigenvalue weighted by Crippen LogP contribution is -2.46. The Hall–Kier alpha value is -2.44. The molecule has 0 N–H and O–H groups in total. The Labute approximate surface area is 109 Å². The van der Waals surface area contributed by atoms with Crippen molar-refractivity contribution in [1.82, 2.24) is 4.98 Å². The summed E-state index contributed by atoms with van der Waals surface area (Å²) in [7, 11) is 0. The normalized spacial score (nSPS) is 17.6. The van der Waals surface area contributed by atoms with E-state index in [-0.39, 0.29) is 24.1 Å². The van der Waals surface area contributed by atoms with Crippen molar-refractivity contribution in [2.45, 2.75) is 19.4 Å². The molecule has 0 saturated heterocycles. The first-order chi connectivity index (χ1) is 9.08. The molecular weight excluding hydrogens is 250 g/mol. The molecule has 1 amide bonds. The fourth-order valence-electron chi connectivity index (χ4n) is 1.86. The van der Waals surface area contributed by atoms with Crippen molar-refractivity contribution in [3.05, 3.63) is 34.9 Å². The van der Waals surface area contributed by atoms with Gasteiger partial charge in [-0.25, -0.2) is 0 Å². The van der Waals surface area contributed by atoms with E-state index < -0.39 is 11.0 Å². The smallest absolute Gasteiger partial charge is 0.366 e. The number of amides is 1. The van der Waals surface area contributed by atoms with Gasteiger partial charge >= 0.3 is 5.82 Å². The van der Waals surface area contributed by atoms with E-state index in [1.807, 2.05) is 6.92 Å². The van der Waals surface area contributed by atoms with E-state index in [0.717, 1.165) is 0 Å². The Bertz CT molecular complexity index is 544. The summed E-state index contributed by atoms with van der Waals surface area (Å²) in [6.07, 6.45) is 1.47. The largest absolute Gasteiger partial charge is 0.474 e. The average Bonchev–Trinajstić information content (AvgIpc) is 2.41. The van der Waals surface area contributed by atoms with Gasteiger partial charge in [0.05, 0.1) is 0 Å². The Kier molecular flexibility index (Phi) is 3.46. The Balaban J connectivity index is 2.49. The van der Waals surface area contributed by atoms with Crippen molar-refractivity contribution in [2.75, 3.05) is 11.4 Å². The molecule has 19 heavy (non-hydrogen) atoms. The number of ether oxygens (including phenoxy) is 1. The van der Waals surface area contributed by atoms with Gasteiger partial charge < -0.3 is 14.9 Å². The van der Waals surface area contributed by atoms with E-state index in [1.165, 1.54) is 17.0 Å². The van der Waals surface area contributed by atoms with Crippen LogP contribution < -0.4 is 9.64 Å². The second-order valence-corrected chi connectivity index (χ2v) is 4.00. The number of hydrogen-bond donors (Lipinski definition) is 0. The van der Waals surface area contributed by atoms with Crippen LogP contribution >= 0.6 is 0 Å². The van der Waals surface area contributed by atoms with Crippen LogP contribution in [0.1, 0.15) is 13.3 Å². The molecule has 0 bridgehead atoms. The standard InChI is InChI=1S/C12H13N3O4/c1-3-7-14-11-9(19-8(4-2)12(14)16)5-6-10(13-11)15(17)18/h3,5-6,8H,1,4,7H2,2H3. The van der Waals surface area contributed by atoms with Gasteiger partial charge in [-0.1, -0.05) is 13.0 Å². The average molecular weight is 263 g/mol. The summed E-state index contributed by atoms with van der Waals surface area (Å²) in [6, 6.07) is 2.72. The SMILES string of the molecule is C=CCN1C(=O)C(CC)Oc2ccc([N+](=O)[O-])nc21. The summed E-state index contributed by atoms with van der Waals surface area (Å²) in [4.78, 5) is 27.5. The van der Waals surface area contributed by atoms with Crippen LogP contribution in [-0.4, -0.2) is 28.5 Å². The van der Waals surface area contributed by atoms with Gasteiger partial charge in [0, 0.05) is 12.6 Å². The fraction of sp³-hybridized carbons (Fsp3) is 0.333. The van der Waals surface area contributed by atoms with E-state index in [4.69, 9.17) is 4.74 Å². The van der Waals surface area contributed by atoms with Gasteiger partial charge in [-0.2, -0.15) is 0 Å². The predicted octanol–water partition coefficient (Wildman–Crippen LogP) is 1.68. The van der Waals surface area contributed by atoms with Gasteiger partial charge in [-0.05, 0) is 22.4 Å². The number of rotatable bonds is 4. The maximum atomic E-state index is 12.1. The molecule has 1 aromatic rings. The summed E-state index contributed by atoms with van der Waals surface area (Å²) in [5.41, 5.74) is 0. The number of carbonyl (C=O) groups is 1. The minimum atomic E-state index is -0.608. The molecule has 7 nitrogen and oxygen atoms in total. The van der Waals surface area contributed by atoms with Crippen molar-refractivity contribution >= 4 is 17.5 Å². The molecule has 1 unspecified atom stereocenters. The van der Waals surface area contributed by atoms with Crippen LogP contribution in [0.3, 0.4) is 0 Å². The lowest BCUT2D eigenvalue weighted by molar-refractivity contribution is -0.389. The van der Waals surface area contributed by atoms with Crippen molar-refractivity contribution in [3.63, 3.8) is 0 Å². The first-order valence-electron chi connectivity index (χ1n) is 5.82. The van der Waals surface area contributed by atoms with E-state index >= 15 is 0 Å². The maximum absolute atomic E-state index is 12.1. The van der Waals surface area contributed by atoms with Crippen LogP contribution in [0.2, 0.25) is 0 Å². The van der Waals surface area contributed by atoms with Crippen LogP contribution in [-0.2, 0) is 4.79 Å². The molecule has 1 aliphatic heterocycles. The third kappa shape index (κ3) is 2.26. The minimum Gasteiger partial charge on any atom is -0.474 e. The number of pyridine rings is 1. The van der Waals surface area contributed by atoms with Crippen molar-refractivity contribution in [3.8, 4) is 5.75 Å². The predicted molar refractivity (Wildman–Crippen MR) is 68.1 cm³/mol. The van der Waals surface area contributed by atoms with E-state index in [2.05, 4.69) is 11.6 Å². The Morgan fingerprint density at radius 3 is 2.95 bits per heavy atom. The summed E-state index contributed by atoms with van der Waals surface area (Å²) in [5, 5.41) is 10.7. The zero-order chi connectivity index (χ0) is 14.0. The van der Waals surface area contributed by atoms with Crippen molar-refractivity contribution in [2.24, 2.45) is 0 Å². The molecule has 7 heteroatoms. The number of carbonyl (C=O) groups excluding carboxylic acids is 1. The molecule has 0 aliphatic carbocycles. The molecule has 100 valence electrons. The molecular formula is C12H13N3O4. The number of nitro groups is 1. The Morgan fingerprint density at radius 2 is 2.37 bits per heavy atom. The number of aromatic nitrogens is 1. The highest BCUT2D eigenvalue weighted by Crippen LogP contribution is 2.34. The summed E-state index contributed by atoms with van der Waals surface area (Å²) in [6.45, 7) is 5.64. The van der Waals surface area contributed by atoms with Crippen molar-refractivity contribution < 1.29 is 14.5 Å². The lowest BCUT2D eigenvalue weighted by Gasteiger charge is -2.29. The molecule has 0 fully saturated rings. The molecule has 0 radical (unpaired) electrons. The van der Waals surface area contributed by atoms with Gasteiger partial charge in [0.15, 0.2) is 11.9 Å². The van der Waals surface area contributed by atoms with E-state index in [1.54, 1.807) is 6.08 Å². The highest BCUT2D eigenvalue weighted by molar-refractivity contribution is 5.99.